The van der Waals surface area contributed by atoms with Crippen molar-refractivity contribution in [3.63, 3.8) is 0 Å². The van der Waals surface area contributed by atoms with Gasteiger partial charge in [-0.05, 0) is 43.7 Å². The first-order valence-corrected chi connectivity index (χ1v) is 8.75. The van der Waals surface area contributed by atoms with Gasteiger partial charge in [-0.2, -0.15) is 0 Å². The van der Waals surface area contributed by atoms with Crippen LogP contribution in [-0.2, 0) is 0 Å². The molecule has 23 heavy (non-hydrogen) atoms. The molecule has 3 nitrogen and oxygen atoms in total. The molecule has 1 heterocycles. The molecule has 0 unspecified atom stereocenters. The minimum Gasteiger partial charge on any atom is -0.490 e. The number of aryl methyl sites for hydroxylation is 2. The quantitative estimate of drug-likeness (QED) is 0.614. The minimum absolute atomic E-state index is 0.156. The van der Waals surface area contributed by atoms with Gasteiger partial charge < -0.3 is 9.47 Å². The molecule has 0 radical (unpaired) electrons. The zero-order valence-electron chi connectivity index (χ0n) is 13.4. The fraction of sp³-hybridized carbons (Fsp3) is 0.316. The molecule has 0 aliphatic carbocycles. The molecule has 120 valence electrons. The van der Waals surface area contributed by atoms with Gasteiger partial charge in [-0.15, -0.1) is 11.8 Å². The van der Waals surface area contributed by atoms with Crippen LogP contribution in [0.15, 0.2) is 41.3 Å². The Bertz CT molecular complexity index is 725. The van der Waals surface area contributed by atoms with E-state index in [-0.39, 0.29) is 5.78 Å². The maximum absolute atomic E-state index is 12.5. The molecule has 0 atom stereocenters. The molecule has 0 saturated carbocycles. The third kappa shape index (κ3) is 3.88. The lowest BCUT2D eigenvalue weighted by Gasteiger charge is -2.09. The van der Waals surface area contributed by atoms with Gasteiger partial charge in [-0.25, -0.2) is 0 Å². The molecular formula is C19H20O3S. The van der Waals surface area contributed by atoms with Gasteiger partial charge in [0.15, 0.2) is 17.3 Å². The van der Waals surface area contributed by atoms with Gasteiger partial charge >= 0.3 is 0 Å². The second kappa shape index (κ2) is 7.09. The standard InChI is InChI=1S/C19H20O3S/c1-13-4-5-14(2)16(10-13)17(20)12-23-15-6-7-18-19(11-15)22-9-3-8-21-18/h4-7,10-11H,3,8-9,12H2,1-2H3. The van der Waals surface area contributed by atoms with E-state index in [2.05, 4.69) is 0 Å². The highest BCUT2D eigenvalue weighted by Gasteiger charge is 2.13. The van der Waals surface area contributed by atoms with Crippen molar-refractivity contribution in [2.24, 2.45) is 0 Å². The summed E-state index contributed by atoms with van der Waals surface area (Å²) in [7, 11) is 0. The molecule has 0 saturated heterocycles. The zero-order valence-corrected chi connectivity index (χ0v) is 14.2. The predicted molar refractivity (Wildman–Crippen MR) is 93.0 cm³/mol. The number of Topliss-reactive ketones (excluding diaryl/α,β-unsaturated/α-hetero) is 1. The van der Waals surface area contributed by atoms with Crippen molar-refractivity contribution in [2.75, 3.05) is 19.0 Å². The molecule has 1 aliphatic rings. The molecular weight excluding hydrogens is 308 g/mol. The van der Waals surface area contributed by atoms with Crippen LogP contribution < -0.4 is 9.47 Å². The van der Waals surface area contributed by atoms with Crippen LogP contribution in [0.5, 0.6) is 11.5 Å². The predicted octanol–water partition coefficient (Wildman–Crippen LogP) is 4.44. The number of hydrogen-bond donors (Lipinski definition) is 0. The number of hydrogen-bond acceptors (Lipinski definition) is 4. The largest absolute Gasteiger partial charge is 0.490 e. The first kappa shape index (κ1) is 15.9. The average molecular weight is 328 g/mol. The van der Waals surface area contributed by atoms with Crippen LogP contribution in [0.25, 0.3) is 0 Å². The third-order valence-electron chi connectivity index (χ3n) is 3.78. The third-order valence-corrected chi connectivity index (χ3v) is 4.78. The highest BCUT2D eigenvalue weighted by Crippen LogP contribution is 2.34. The Morgan fingerprint density at radius 1 is 1.04 bits per heavy atom. The zero-order chi connectivity index (χ0) is 16.2. The number of carbonyl (C=O) groups excluding carboxylic acids is 1. The molecule has 0 spiro atoms. The van der Waals surface area contributed by atoms with Gasteiger partial charge in [-0.1, -0.05) is 17.7 Å². The first-order chi connectivity index (χ1) is 11.1. The van der Waals surface area contributed by atoms with Crippen LogP contribution in [-0.4, -0.2) is 24.7 Å². The van der Waals surface area contributed by atoms with Crippen molar-refractivity contribution in [1.82, 2.24) is 0 Å². The van der Waals surface area contributed by atoms with E-state index in [4.69, 9.17) is 9.47 Å². The number of fused-ring (bicyclic) bond motifs is 1. The number of rotatable bonds is 4. The number of thioether (sulfide) groups is 1. The number of carbonyl (C=O) groups is 1. The first-order valence-electron chi connectivity index (χ1n) is 7.76. The Morgan fingerprint density at radius 3 is 2.65 bits per heavy atom. The second-order valence-electron chi connectivity index (χ2n) is 5.69. The Kier molecular flexibility index (Phi) is 4.91. The Morgan fingerprint density at radius 2 is 1.83 bits per heavy atom. The maximum atomic E-state index is 12.5. The van der Waals surface area contributed by atoms with Gasteiger partial charge in [0.05, 0.1) is 19.0 Å². The number of ketones is 1. The Hall–Kier alpha value is -1.94. The number of benzene rings is 2. The van der Waals surface area contributed by atoms with E-state index in [0.717, 1.165) is 39.5 Å². The van der Waals surface area contributed by atoms with Crippen molar-refractivity contribution in [1.29, 1.82) is 0 Å². The number of ether oxygens (including phenoxy) is 2. The molecule has 2 aromatic carbocycles. The summed E-state index contributed by atoms with van der Waals surface area (Å²) in [5.41, 5.74) is 2.95. The van der Waals surface area contributed by atoms with E-state index in [1.807, 2.05) is 50.2 Å². The van der Waals surface area contributed by atoms with Gasteiger partial charge in [-0.3, -0.25) is 4.79 Å². The molecule has 0 N–H and O–H groups in total. The van der Waals surface area contributed by atoms with Crippen LogP contribution in [0.4, 0.5) is 0 Å². The van der Waals surface area contributed by atoms with Gasteiger partial charge in [0.2, 0.25) is 0 Å². The van der Waals surface area contributed by atoms with E-state index in [1.54, 1.807) is 0 Å². The highest BCUT2D eigenvalue weighted by molar-refractivity contribution is 8.00. The summed E-state index contributed by atoms with van der Waals surface area (Å²) in [6.45, 7) is 5.34. The molecule has 2 aromatic rings. The molecule has 1 aliphatic heterocycles. The Labute approximate surface area is 141 Å². The van der Waals surface area contributed by atoms with Crippen molar-refractivity contribution in [3.05, 3.63) is 53.1 Å². The minimum atomic E-state index is 0.156. The molecule has 0 fully saturated rings. The van der Waals surface area contributed by atoms with Crippen molar-refractivity contribution < 1.29 is 14.3 Å². The van der Waals surface area contributed by atoms with E-state index in [1.165, 1.54) is 11.8 Å². The van der Waals surface area contributed by atoms with E-state index in [9.17, 15) is 4.79 Å². The molecule has 4 heteroatoms. The van der Waals surface area contributed by atoms with Crippen molar-refractivity contribution in [3.8, 4) is 11.5 Å². The van der Waals surface area contributed by atoms with E-state index >= 15 is 0 Å². The van der Waals surface area contributed by atoms with Gasteiger partial charge in [0, 0.05) is 16.9 Å². The monoisotopic (exact) mass is 328 g/mol. The van der Waals surface area contributed by atoms with Crippen LogP contribution in [0.1, 0.15) is 27.9 Å². The average Bonchev–Trinajstić information content (AvgIpc) is 2.79. The summed E-state index contributed by atoms with van der Waals surface area (Å²) in [6, 6.07) is 11.9. The fourth-order valence-corrected chi connectivity index (χ4v) is 3.30. The summed E-state index contributed by atoms with van der Waals surface area (Å²) in [5.74, 6) is 2.13. The summed E-state index contributed by atoms with van der Waals surface area (Å²) in [5, 5.41) is 0. The lowest BCUT2D eigenvalue weighted by atomic mass is 10.0. The summed E-state index contributed by atoms with van der Waals surface area (Å²) in [4.78, 5) is 13.5. The fourth-order valence-electron chi connectivity index (χ4n) is 2.50. The normalized spacial score (nSPS) is 13.5. The lowest BCUT2D eigenvalue weighted by molar-refractivity contribution is 0.102. The van der Waals surface area contributed by atoms with Crippen LogP contribution in [0, 0.1) is 13.8 Å². The van der Waals surface area contributed by atoms with Gasteiger partial charge in [0.1, 0.15) is 0 Å². The molecule has 3 rings (SSSR count). The van der Waals surface area contributed by atoms with Crippen molar-refractivity contribution >= 4 is 17.5 Å². The smallest absolute Gasteiger partial charge is 0.173 e. The lowest BCUT2D eigenvalue weighted by Crippen LogP contribution is -2.05. The maximum Gasteiger partial charge on any atom is 0.173 e. The topological polar surface area (TPSA) is 35.5 Å². The Balaban J connectivity index is 1.69. The molecule has 0 bridgehead atoms. The summed E-state index contributed by atoms with van der Waals surface area (Å²) < 4.78 is 11.3. The summed E-state index contributed by atoms with van der Waals surface area (Å²) in [6.07, 6.45) is 0.891. The summed E-state index contributed by atoms with van der Waals surface area (Å²) >= 11 is 1.53. The van der Waals surface area contributed by atoms with Crippen LogP contribution in [0.2, 0.25) is 0 Å². The van der Waals surface area contributed by atoms with Gasteiger partial charge in [0.25, 0.3) is 0 Å². The molecule has 0 aromatic heterocycles. The van der Waals surface area contributed by atoms with E-state index in [0.29, 0.717) is 19.0 Å². The molecule has 0 amide bonds. The van der Waals surface area contributed by atoms with Crippen LogP contribution in [0.3, 0.4) is 0 Å². The van der Waals surface area contributed by atoms with E-state index < -0.39 is 0 Å². The van der Waals surface area contributed by atoms with Crippen molar-refractivity contribution in [2.45, 2.75) is 25.2 Å². The SMILES string of the molecule is Cc1ccc(C)c(C(=O)CSc2ccc3c(c2)OCCCO3)c1. The second-order valence-corrected chi connectivity index (χ2v) is 6.74. The highest BCUT2D eigenvalue weighted by atomic mass is 32.2. The van der Waals surface area contributed by atoms with Crippen LogP contribution >= 0.6 is 11.8 Å².